The van der Waals surface area contributed by atoms with Crippen molar-refractivity contribution in [2.45, 2.75) is 50.7 Å². The smallest absolute Gasteiger partial charge is 0.268 e. The lowest BCUT2D eigenvalue weighted by atomic mass is 9.97. The van der Waals surface area contributed by atoms with Gasteiger partial charge in [-0.25, -0.2) is 18.1 Å². The molecule has 0 aliphatic heterocycles. The fraction of sp³-hybridized carbons (Fsp3) is 0.379. The van der Waals surface area contributed by atoms with E-state index in [-0.39, 0.29) is 11.7 Å². The molecule has 1 amide bonds. The van der Waals surface area contributed by atoms with Gasteiger partial charge in [0.05, 0.1) is 24.0 Å². The summed E-state index contributed by atoms with van der Waals surface area (Å²) in [5.41, 5.74) is 3.88. The van der Waals surface area contributed by atoms with Crippen molar-refractivity contribution < 1.29 is 23.1 Å². The van der Waals surface area contributed by atoms with Gasteiger partial charge < -0.3 is 15.2 Å². The van der Waals surface area contributed by atoms with Crippen LogP contribution in [0.3, 0.4) is 0 Å². The average molecular weight is 572 g/mol. The van der Waals surface area contributed by atoms with E-state index in [1.807, 2.05) is 35.1 Å². The third kappa shape index (κ3) is 8.76. The maximum atomic E-state index is 12.7. The van der Waals surface area contributed by atoms with Crippen molar-refractivity contribution in [3.63, 3.8) is 0 Å². The molecule has 1 atom stereocenters. The minimum atomic E-state index is -3.70. The zero-order valence-electron chi connectivity index (χ0n) is 21.9. The summed E-state index contributed by atoms with van der Waals surface area (Å²) in [5.74, 6) is -0.307. The minimum absolute atomic E-state index is 0.00290. The van der Waals surface area contributed by atoms with E-state index >= 15 is 0 Å². The number of nitrogens with zero attached hydrogens (tertiary/aromatic N) is 1. The minimum Gasteiger partial charge on any atom is -0.490 e. The predicted molar refractivity (Wildman–Crippen MR) is 152 cm³/mol. The summed E-state index contributed by atoms with van der Waals surface area (Å²) in [6.45, 7) is 1.10. The van der Waals surface area contributed by atoms with Gasteiger partial charge in [-0.15, -0.1) is 0 Å². The van der Waals surface area contributed by atoms with Crippen molar-refractivity contribution in [3.8, 4) is 16.9 Å². The van der Waals surface area contributed by atoms with E-state index in [9.17, 15) is 18.3 Å². The maximum absolute atomic E-state index is 12.7. The molecule has 0 saturated heterocycles. The molecular weight excluding hydrogens is 538 g/mol. The molecule has 4 rings (SSSR count). The zero-order valence-corrected chi connectivity index (χ0v) is 23.5. The highest BCUT2D eigenvalue weighted by atomic mass is 35.5. The van der Waals surface area contributed by atoms with Crippen LogP contribution in [0.2, 0.25) is 5.15 Å². The standard InChI is InChI=1S/C29H34ClN3O5S/c1-39(36,37)33-29(35)25-13-11-22(17-27(25)38-24-5-3-2-4-6-24)21-9-7-20(8-10-21)15-16-31-19-26(34)23-12-14-28(30)32-18-23/h7-14,17-18,24,26,31,34H,2-6,15-16,19H2,1H3,(H,33,35)/t26-/m0/s1. The van der Waals surface area contributed by atoms with Gasteiger partial charge in [-0.3, -0.25) is 4.79 Å². The Labute approximate surface area is 234 Å². The van der Waals surface area contributed by atoms with Crippen LogP contribution in [0.15, 0.2) is 60.8 Å². The molecule has 2 aromatic carbocycles. The molecule has 0 radical (unpaired) electrons. The molecule has 1 fully saturated rings. The number of sulfonamides is 1. The number of halogens is 1. The number of carbonyl (C=O) groups is 1. The first kappa shape index (κ1) is 29.0. The molecule has 208 valence electrons. The fourth-order valence-corrected chi connectivity index (χ4v) is 5.17. The molecule has 0 bridgehead atoms. The highest BCUT2D eigenvalue weighted by Gasteiger charge is 2.21. The van der Waals surface area contributed by atoms with E-state index in [0.717, 1.165) is 55.1 Å². The van der Waals surface area contributed by atoms with Crippen LogP contribution in [0.5, 0.6) is 5.75 Å². The molecule has 39 heavy (non-hydrogen) atoms. The molecule has 1 aliphatic rings. The first-order valence-corrected chi connectivity index (χ1v) is 15.4. The van der Waals surface area contributed by atoms with Crippen molar-refractivity contribution in [3.05, 3.63) is 82.6 Å². The van der Waals surface area contributed by atoms with Gasteiger partial charge in [0, 0.05) is 18.3 Å². The monoisotopic (exact) mass is 571 g/mol. The van der Waals surface area contributed by atoms with Gasteiger partial charge in [0.1, 0.15) is 10.9 Å². The number of aliphatic hydroxyl groups excluding tert-OH is 1. The number of rotatable bonds is 11. The van der Waals surface area contributed by atoms with Gasteiger partial charge in [-0.2, -0.15) is 0 Å². The lowest BCUT2D eigenvalue weighted by Crippen LogP contribution is -2.30. The quantitative estimate of drug-likeness (QED) is 0.226. The summed E-state index contributed by atoms with van der Waals surface area (Å²) in [6.07, 6.45) is 7.79. The Morgan fingerprint density at radius 3 is 2.46 bits per heavy atom. The van der Waals surface area contributed by atoms with E-state index in [4.69, 9.17) is 16.3 Å². The predicted octanol–water partition coefficient (Wildman–Crippen LogP) is 4.67. The number of carbonyl (C=O) groups excluding carboxylic acids is 1. The number of benzene rings is 2. The number of aromatic nitrogens is 1. The van der Waals surface area contributed by atoms with Crippen LogP contribution in [0.25, 0.3) is 11.1 Å². The van der Waals surface area contributed by atoms with Gasteiger partial charge >= 0.3 is 0 Å². The molecule has 8 nitrogen and oxygen atoms in total. The number of hydrogen-bond donors (Lipinski definition) is 3. The summed E-state index contributed by atoms with van der Waals surface area (Å²) in [5, 5.41) is 14.0. The molecular formula is C29H34ClN3O5S. The maximum Gasteiger partial charge on any atom is 0.268 e. The van der Waals surface area contributed by atoms with Crippen molar-refractivity contribution in [1.29, 1.82) is 0 Å². The second kappa shape index (κ2) is 13.4. The highest BCUT2D eigenvalue weighted by molar-refractivity contribution is 7.89. The Hall–Kier alpha value is -2.98. The van der Waals surface area contributed by atoms with Crippen molar-refractivity contribution in [2.75, 3.05) is 19.3 Å². The number of pyridine rings is 1. The Kier molecular flexibility index (Phi) is 9.96. The van der Waals surface area contributed by atoms with E-state index in [0.29, 0.717) is 29.6 Å². The largest absolute Gasteiger partial charge is 0.490 e. The van der Waals surface area contributed by atoms with Crippen molar-refractivity contribution in [2.24, 2.45) is 0 Å². The van der Waals surface area contributed by atoms with Gasteiger partial charge in [0.25, 0.3) is 5.91 Å². The van der Waals surface area contributed by atoms with E-state index in [2.05, 4.69) is 10.3 Å². The summed E-state index contributed by atoms with van der Waals surface area (Å²) < 4.78 is 31.6. The second-order valence-electron chi connectivity index (χ2n) is 9.87. The molecule has 1 heterocycles. The van der Waals surface area contributed by atoms with Crippen LogP contribution in [-0.4, -0.2) is 49.9 Å². The third-order valence-electron chi connectivity index (χ3n) is 6.70. The van der Waals surface area contributed by atoms with Crippen LogP contribution in [0.4, 0.5) is 0 Å². The number of aliphatic hydroxyl groups is 1. The number of amides is 1. The molecule has 3 aromatic rings. The summed E-state index contributed by atoms with van der Waals surface area (Å²) in [7, 11) is -3.70. The van der Waals surface area contributed by atoms with Crippen LogP contribution >= 0.6 is 11.6 Å². The molecule has 0 spiro atoms. The highest BCUT2D eigenvalue weighted by Crippen LogP contribution is 2.31. The molecule has 0 unspecified atom stereocenters. The van der Waals surface area contributed by atoms with E-state index in [1.165, 1.54) is 6.42 Å². The molecule has 10 heteroatoms. The lowest BCUT2D eigenvalue weighted by molar-refractivity contribution is 0.0969. The van der Waals surface area contributed by atoms with Crippen molar-refractivity contribution in [1.82, 2.24) is 15.0 Å². The summed E-state index contributed by atoms with van der Waals surface area (Å²) >= 11 is 5.80. The van der Waals surface area contributed by atoms with Gasteiger partial charge in [-0.1, -0.05) is 54.4 Å². The summed E-state index contributed by atoms with van der Waals surface area (Å²) in [6, 6.07) is 16.8. The summed E-state index contributed by atoms with van der Waals surface area (Å²) in [4.78, 5) is 16.7. The van der Waals surface area contributed by atoms with Gasteiger partial charge in [-0.05, 0) is 73.5 Å². The lowest BCUT2D eigenvalue weighted by Gasteiger charge is -2.24. The molecule has 1 aromatic heterocycles. The first-order valence-electron chi connectivity index (χ1n) is 13.1. The van der Waals surface area contributed by atoms with E-state index < -0.39 is 22.0 Å². The van der Waals surface area contributed by atoms with Gasteiger partial charge in [0.15, 0.2) is 0 Å². The third-order valence-corrected chi connectivity index (χ3v) is 7.48. The topological polar surface area (TPSA) is 118 Å². The number of ether oxygens (including phenoxy) is 1. The van der Waals surface area contributed by atoms with Crippen molar-refractivity contribution >= 4 is 27.5 Å². The normalized spacial score (nSPS) is 15.1. The van der Waals surface area contributed by atoms with E-state index in [1.54, 1.807) is 30.5 Å². The zero-order chi connectivity index (χ0) is 27.8. The number of hydrogen-bond acceptors (Lipinski definition) is 7. The Bertz CT molecular complexity index is 1360. The SMILES string of the molecule is CS(=O)(=O)NC(=O)c1ccc(-c2ccc(CCNC[C@H](O)c3ccc(Cl)nc3)cc2)cc1OC1CCCCC1. The van der Waals surface area contributed by atoms with Crippen LogP contribution < -0.4 is 14.8 Å². The van der Waals surface area contributed by atoms with Crippen LogP contribution in [-0.2, 0) is 16.4 Å². The number of nitrogens with one attached hydrogen (secondary N) is 2. The Morgan fingerprint density at radius 2 is 1.79 bits per heavy atom. The first-order chi connectivity index (χ1) is 18.7. The average Bonchev–Trinajstić information content (AvgIpc) is 2.91. The molecule has 1 saturated carbocycles. The molecule has 1 aliphatic carbocycles. The van der Waals surface area contributed by atoms with Gasteiger partial charge in [0.2, 0.25) is 10.0 Å². The Morgan fingerprint density at radius 1 is 1.08 bits per heavy atom. The van der Waals surface area contributed by atoms with Crippen LogP contribution in [0, 0.1) is 0 Å². The second-order valence-corrected chi connectivity index (χ2v) is 12.0. The van der Waals surface area contributed by atoms with Crippen LogP contribution in [0.1, 0.15) is 59.7 Å². The molecule has 3 N–H and O–H groups in total. The fourth-order valence-electron chi connectivity index (χ4n) is 4.61. The Balaban J connectivity index is 1.40.